The maximum Gasteiger partial charge on any atom is 0.317 e. The first-order valence-electron chi connectivity index (χ1n) is 8.32. The van der Waals surface area contributed by atoms with E-state index in [2.05, 4.69) is 5.32 Å². The largest absolute Gasteiger partial charge is 0.484 e. The number of nitrogens with zero attached hydrogens (tertiary/aromatic N) is 2. The second-order valence-electron chi connectivity index (χ2n) is 6.53. The topological polar surface area (TPSA) is 61.9 Å². The Hall–Kier alpha value is -2.24. The van der Waals surface area contributed by atoms with E-state index in [9.17, 15) is 9.59 Å². The van der Waals surface area contributed by atoms with Gasteiger partial charge in [0, 0.05) is 33.2 Å². The van der Waals surface area contributed by atoms with Crippen molar-refractivity contribution in [3.8, 4) is 5.75 Å². The van der Waals surface area contributed by atoms with Gasteiger partial charge in [0.25, 0.3) is 5.91 Å². The second kappa shape index (κ2) is 8.04. The van der Waals surface area contributed by atoms with Crippen LogP contribution in [0.25, 0.3) is 0 Å². The zero-order chi connectivity index (χ0) is 17.7. The summed E-state index contributed by atoms with van der Waals surface area (Å²) in [4.78, 5) is 27.2. The van der Waals surface area contributed by atoms with Gasteiger partial charge in [0.2, 0.25) is 0 Å². The summed E-state index contributed by atoms with van der Waals surface area (Å²) in [6.45, 7) is 5.42. The molecule has 0 radical (unpaired) electrons. The van der Waals surface area contributed by atoms with Gasteiger partial charge in [-0.3, -0.25) is 4.79 Å². The predicted molar refractivity (Wildman–Crippen MR) is 93.2 cm³/mol. The summed E-state index contributed by atoms with van der Waals surface area (Å²) in [5, 5.41) is 2.96. The molecule has 3 amide bonds. The van der Waals surface area contributed by atoms with Crippen molar-refractivity contribution in [3.05, 3.63) is 29.3 Å². The lowest BCUT2D eigenvalue weighted by Gasteiger charge is -2.32. The van der Waals surface area contributed by atoms with E-state index in [1.807, 2.05) is 32.0 Å². The third kappa shape index (κ3) is 4.88. The van der Waals surface area contributed by atoms with Crippen LogP contribution in [0.4, 0.5) is 4.79 Å². The first kappa shape index (κ1) is 18.1. The second-order valence-corrected chi connectivity index (χ2v) is 6.53. The number of carbonyl (C=O) groups excluding carboxylic acids is 2. The van der Waals surface area contributed by atoms with Gasteiger partial charge in [-0.2, -0.15) is 0 Å². The lowest BCUT2D eigenvalue weighted by molar-refractivity contribution is -0.134. The average molecular weight is 333 g/mol. The number of piperidine rings is 1. The van der Waals surface area contributed by atoms with Gasteiger partial charge >= 0.3 is 6.03 Å². The minimum absolute atomic E-state index is 0.00869. The molecule has 6 heteroatoms. The Kier molecular flexibility index (Phi) is 6.06. The van der Waals surface area contributed by atoms with Gasteiger partial charge in [0.05, 0.1) is 0 Å². The monoisotopic (exact) mass is 333 g/mol. The molecule has 1 saturated heterocycles. The third-order valence-electron chi connectivity index (χ3n) is 4.42. The quantitative estimate of drug-likeness (QED) is 0.916. The van der Waals surface area contributed by atoms with E-state index in [1.54, 1.807) is 19.0 Å². The molecule has 2 rings (SSSR count). The molecular weight excluding hydrogens is 306 g/mol. The van der Waals surface area contributed by atoms with E-state index >= 15 is 0 Å². The molecule has 0 aliphatic carbocycles. The molecule has 1 aromatic rings. The highest BCUT2D eigenvalue weighted by atomic mass is 16.5. The van der Waals surface area contributed by atoms with Crippen LogP contribution in [0.1, 0.15) is 24.0 Å². The molecule has 0 saturated carbocycles. The fourth-order valence-electron chi connectivity index (χ4n) is 2.62. The molecule has 1 aromatic carbocycles. The van der Waals surface area contributed by atoms with Crippen molar-refractivity contribution in [2.45, 2.75) is 32.7 Å². The van der Waals surface area contributed by atoms with Crippen LogP contribution in [0, 0.1) is 13.8 Å². The number of ether oxygens (including phenoxy) is 1. The van der Waals surface area contributed by atoms with Crippen LogP contribution in [0.2, 0.25) is 0 Å². The fraction of sp³-hybridized carbons (Fsp3) is 0.556. The van der Waals surface area contributed by atoms with Crippen LogP contribution in [-0.4, -0.2) is 61.6 Å². The highest BCUT2D eigenvalue weighted by Gasteiger charge is 2.24. The van der Waals surface area contributed by atoms with Crippen molar-refractivity contribution < 1.29 is 14.3 Å². The Bertz CT molecular complexity index is 593. The molecule has 6 nitrogen and oxygen atoms in total. The van der Waals surface area contributed by atoms with Crippen LogP contribution in [-0.2, 0) is 4.79 Å². The molecule has 1 fully saturated rings. The minimum Gasteiger partial charge on any atom is -0.484 e. The van der Waals surface area contributed by atoms with Crippen molar-refractivity contribution in [3.63, 3.8) is 0 Å². The van der Waals surface area contributed by atoms with Crippen LogP contribution >= 0.6 is 0 Å². The molecule has 1 aliphatic heterocycles. The molecule has 132 valence electrons. The maximum atomic E-state index is 12.3. The average Bonchev–Trinajstić information content (AvgIpc) is 2.56. The first-order chi connectivity index (χ1) is 11.4. The van der Waals surface area contributed by atoms with Gasteiger partial charge in [-0.1, -0.05) is 6.07 Å². The van der Waals surface area contributed by atoms with Gasteiger partial charge < -0.3 is 19.9 Å². The van der Waals surface area contributed by atoms with E-state index < -0.39 is 0 Å². The van der Waals surface area contributed by atoms with Gasteiger partial charge in [-0.25, -0.2) is 4.79 Å². The summed E-state index contributed by atoms with van der Waals surface area (Å²) in [5.41, 5.74) is 2.35. The highest BCUT2D eigenvalue weighted by Crippen LogP contribution is 2.17. The van der Waals surface area contributed by atoms with Crippen LogP contribution < -0.4 is 10.1 Å². The molecule has 0 spiro atoms. The van der Waals surface area contributed by atoms with E-state index in [0.29, 0.717) is 13.1 Å². The van der Waals surface area contributed by atoms with E-state index in [4.69, 9.17) is 4.74 Å². The number of amides is 3. The van der Waals surface area contributed by atoms with Gasteiger partial charge in [0.15, 0.2) is 6.61 Å². The smallest absolute Gasteiger partial charge is 0.317 e. The summed E-state index contributed by atoms with van der Waals surface area (Å²) >= 11 is 0. The van der Waals surface area contributed by atoms with Gasteiger partial charge in [-0.15, -0.1) is 0 Å². The molecule has 0 unspecified atom stereocenters. The Balaban J connectivity index is 1.76. The zero-order valence-corrected chi connectivity index (χ0v) is 15.0. The number of rotatable bonds is 4. The SMILES string of the molecule is Cc1ccc(OCC(=O)N2CCC(NC(=O)N(C)C)CC2)cc1C. The van der Waals surface area contributed by atoms with Crippen LogP contribution in [0.15, 0.2) is 18.2 Å². The van der Waals surface area contributed by atoms with Crippen molar-refractivity contribution >= 4 is 11.9 Å². The van der Waals surface area contributed by atoms with Crippen molar-refractivity contribution in [1.82, 2.24) is 15.1 Å². The number of benzene rings is 1. The van der Waals surface area contributed by atoms with Crippen molar-refractivity contribution in [1.29, 1.82) is 0 Å². The summed E-state index contributed by atoms with van der Waals surface area (Å²) in [6.07, 6.45) is 1.55. The number of carbonyl (C=O) groups is 2. The zero-order valence-electron chi connectivity index (χ0n) is 15.0. The Morgan fingerprint density at radius 2 is 1.88 bits per heavy atom. The third-order valence-corrected chi connectivity index (χ3v) is 4.42. The fourth-order valence-corrected chi connectivity index (χ4v) is 2.62. The molecule has 0 atom stereocenters. The number of hydrogen-bond acceptors (Lipinski definition) is 3. The van der Waals surface area contributed by atoms with Crippen LogP contribution in [0.3, 0.4) is 0 Å². The van der Waals surface area contributed by atoms with Gasteiger partial charge in [0.1, 0.15) is 5.75 Å². The van der Waals surface area contributed by atoms with Gasteiger partial charge in [-0.05, 0) is 49.9 Å². The number of urea groups is 1. The predicted octanol–water partition coefficient (Wildman–Crippen LogP) is 1.94. The summed E-state index contributed by atoms with van der Waals surface area (Å²) in [6, 6.07) is 5.88. The van der Waals surface area contributed by atoms with Crippen molar-refractivity contribution in [2.75, 3.05) is 33.8 Å². The molecular formula is C18H27N3O3. The van der Waals surface area contributed by atoms with E-state index in [0.717, 1.165) is 24.2 Å². The van der Waals surface area contributed by atoms with Crippen LogP contribution in [0.5, 0.6) is 5.75 Å². The normalized spacial score (nSPS) is 15.1. The lowest BCUT2D eigenvalue weighted by atomic mass is 10.1. The summed E-state index contributed by atoms with van der Waals surface area (Å²) in [5.74, 6) is 0.713. The Morgan fingerprint density at radius 1 is 1.21 bits per heavy atom. The maximum absolute atomic E-state index is 12.3. The molecule has 24 heavy (non-hydrogen) atoms. The number of hydrogen-bond donors (Lipinski definition) is 1. The molecule has 1 N–H and O–H groups in total. The summed E-state index contributed by atoms with van der Waals surface area (Å²) < 4.78 is 5.61. The minimum atomic E-state index is -0.0853. The molecule has 0 bridgehead atoms. The number of aryl methyl sites for hydroxylation is 2. The molecule has 1 heterocycles. The number of nitrogens with one attached hydrogen (secondary N) is 1. The molecule has 1 aliphatic rings. The van der Waals surface area contributed by atoms with E-state index in [-0.39, 0.29) is 24.6 Å². The lowest BCUT2D eigenvalue weighted by Crippen LogP contribution is -2.49. The standard InChI is InChI=1S/C18H27N3O3/c1-13-5-6-16(11-14(13)2)24-12-17(22)21-9-7-15(8-10-21)19-18(23)20(3)4/h5-6,11,15H,7-10,12H2,1-4H3,(H,19,23). The number of likely N-dealkylation sites (tertiary alicyclic amines) is 1. The highest BCUT2D eigenvalue weighted by molar-refractivity contribution is 5.78. The Morgan fingerprint density at radius 3 is 2.46 bits per heavy atom. The molecule has 0 aromatic heterocycles. The summed E-state index contributed by atoms with van der Waals surface area (Å²) in [7, 11) is 3.44. The van der Waals surface area contributed by atoms with Crippen molar-refractivity contribution in [2.24, 2.45) is 0 Å². The first-order valence-corrected chi connectivity index (χ1v) is 8.32. The Labute approximate surface area is 143 Å². The van der Waals surface area contributed by atoms with E-state index in [1.165, 1.54) is 10.5 Å².